The monoisotopic (exact) mass is 242 g/mol. The summed E-state index contributed by atoms with van der Waals surface area (Å²) in [4.78, 5) is 11.1. The van der Waals surface area contributed by atoms with Crippen LogP contribution >= 0.6 is 0 Å². The molecule has 92 valence electrons. The summed E-state index contributed by atoms with van der Waals surface area (Å²) >= 11 is 0. The Hall–Kier alpha value is -2.28. The molecule has 0 aromatic heterocycles. The van der Waals surface area contributed by atoms with Crippen LogP contribution in [0.25, 0.3) is 6.08 Å². The highest BCUT2D eigenvalue weighted by Gasteiger charge is 2.15. The van der Waals surface area contributed by atoms with Crippen LogP contribution in [0.4, 0.5) is 0 Å². The summed E-state index contributed by atoms with van der Waals surface area (Å²) in [6, 6.07) is 5.11. The summed E-state index contributed by atoms with van der Waals surface area (Å²) in [5.74, 6) is -0.589. The molecule has 1 aromatic carbocycles. The molecule has 4 nitrogen and oxygen atoms in total. The minimum absolute atomic E-state index is 0.0895. The van der Waals surface area contributed by atoms with Gasteiger partial charge in [-0.1, -0.05) is 0 Å². The largest absolute Gasteiger partial charge is 0.508 e. The molecule has 0 saturated heterocycles. The summed E-state index contributed by atoms with van der Waals surface area (Å²) < 4.78 is 0. The second-order valence-corrected chi connectivity index (χ2v) is 4.41. The lowest BCUT2D eigenvalue weighted by Gasteiger charge is -2.18. The van der Waals surface area contributed by atoms with Crippen molar-refractivity contribution in [3.05, 3.63) is 34.4 Å². The van der Waals surface area contributed by atoms with Crippen molar-refractivity contribution >= 4 is 12.0 Å². The molecule has 4 heteroatoms. The minimum atomic E-state index is -0.745. The van der Waals surface area contributed by atoms with E-state index in [1.807, 2.05) is 0 Å². The molecule has 1 aromatic rings. The summed E-state index contributed by atoms with van der Waals surface area (Å²) in [5.41, 5.74) is 7.95. The average molecular weight is 242 g/mol. The molecule has 1 aliphatic rings. The Morgan fingerprint density at radius 2 is 2.11 bits per heavy atom. The van der Waals surface area contributed by atoms with E-state index in [2.05, 4.69) is 0 Å². The van der Waals surface area contributed by atoms with E-state index in [0.717, 1.165) is 42.4 Å². The molecule has 0 unspecified atom stereocenters. The van der Waals surface area contributed by atoms with Gasteiger partial charge in [0.1, 0.15) is 17.4 Å². The van der Waals surface area contributed by atoms with Gasteiger partial charge in [-0.05, 0) is 60.6 Å². The quantitative estimate of drug-likeness (QED) is 0.610. The van der Waals surface area contributed by atoms with E-state index in [4.69, 9.17) is 11.0 Å². The zero-order valence-corrected chi connectivity index (χ0v) is 9.94. The number of primary amides is 1. The predicted octanol–water partition coefficient (Wildman–Crippen LogP) is 1.66. The molecule has 0 bridgehead atoms. The lowest BCUT2D eigenvalue weighted by atomic mass is 9.87. The Balaban J connectivity index is 2.54. The highest BCUT2D eigenvalue weighted by atomic mass is 16.3. The number of amides is 1. The molecule has 0 heterocycles. The number of hydrogen-bond acceptors (Lipinski definition) is 3. The van der Waals surface area contributed by atoms with Gasteiger partial charge in [-0.3, -0.25) is 4.79 Å². The summed E-state index contributed by atoms with van der Waals surface area (Å²) in [7, 11) is 0. The molecule has 0 fully saturated rings. The first-order chi connectivity index (χ1) is 8.61. The number of rotatable bonds is 2. The first kappa shape index (κ1) is 12.2. The molecule has 0 atom stereocenters. The van der Waals surface area contributed by atoms with Crippen LogP contribution in [0.1, 0.15) is 29.5 Å². The molecule has 0 saturated carbocycles. The second-order valence-electron chi connectivity index (χ2n) is 4.41. The van der Waals surface area contributed by atoms with Crippen LogP contribution in [0.3, 0.4) is 0 Å². The number of fused-ring (bicyclic) bond motifs is 1. The number of phenolic OH excluding ortho intramolecular Hbond substituents is 1. The van der Waals surface area contributed by atoms with Crippen LogP contribution in [0.2, 0.25) is 0 Å². The van der Waals surface area contributed by atoms with Crippen molar-refractivity contribution in [3.8, 4) is 11.8 Å². The van der Waals surface area contributed by atoms with Crippen molar-refractivity contribution in [2.75, 3.05) is 0 Å². The van der Waals surface area contributed by atoms with Crippen LogP contribution in [0.15, 0.2) is 17.7 Å². The SMILES string of the molecule is N#CC(=Cc1cc(O)cc2c1CCCC2)C(N)=O. The van der Waals surface area contributed by atoms with Crippen LogP contribution in [0, 0.1) is 11.3 Å². The van der Waals surface area contributed by atoms with Crippen LogP contribution in [-0.2, 0) is 17.6 Å². The van der Waals surface area contributed by atoms with Crippen LogP contribution < -0.4 is 5.73 Å². The molecule has 3 N–H and O–H groups in total. The molecular weight excluding hydrogens is 228 g/mol. The molecule has 1 aliphatic carbocycles. The van der Waals surface area contributed by atoms with E-state index in [1.54, 1.807) is 18.2 Å². The van der Waals surface area contributed by atoms with Crippen molar-refractivity contribution in [1.29, 1.82) is 5.26 Å². The van der Waals surface area contributed by atoms with Crippen molar-refractivity contribution in [3.63, 3.8) is 0 Å². The van der Waals surface area contributed by atoms with Crippen molar-refractivity contribution in [1.82, 2.24) is 0 Å². The maximum atomic E-state index is 11.1. The second kappa shape index (κ2) is 4.92. The first-order valence-corrected chi connectivity index (χ1v) is 5.88. The van der Waals surface area contributed by atoms with Gasteiger partial charge in [0.15, 0.2) is 0 Å². The van der Waals surface area contributed by atoms with E-state index < -0.39 is 5.91 Å². The van der Waals surface area contributed by atoms with E-state index in [-0.39, 0.29) is 11.3 Å². The third kappa shape index (κ3) is 2.35. The van der Waals surface area contributed by atoms with Gasteiger partial charge in [0.25, 0.3) is 5.91 Å². The van der Waals surface area contributed by atoms with Crippen LogP contribution in [0.5, 0.6) is 5.75 Å². The standard InChI is InChI=1S/C14H14N2O2/c15-8-11(14(16)18)5-10-7-12(17)6-9-3-1-2-4-13(9)10/h5-7,17H,1-4H2,(H2,16,18). The predicted molar refractivity (Wildman–Crippen MR) is 67.5 cm³/mol. The number of aromatic hydroxyl groups is 1. The number of carbonyl (C=O) groups is 1. The van der Waals surface area contributed by atoms with Gasteiger partial charge in [0, 0.05) is 0 Å². The molecule has 0 spiro atoms. The first-order valence-electron chi connectivity index (χ1n) is 5.88. The Morgan fingerprint density at radius 1 is 1.39 bits per heavy atom. The smallest absolute Gasteiger partial charge is 0.259 e. The molecule has 0 radical (unpaired) electrons. The van der Waals surface area contributed by atoms with Crippen molar-refractivity contribution in [2.45, 2.75) is 25.7 Å². The van der Waals surface area contributed by atoms with Gasteiger partial charge in [0.2, 0.25) is 0 Å². The lowest BCUT2D eigenvalue weighted by Crippen LogP contribution is -2.13. The summed E-state index contributed by atoms with van der Waals surface area (Å²) in [5, 5.41) is 18.5. The van der Waals surface area contributed by atoms with Crippen LogP contribution in [-0.4, -0.2) is 11.0 Å². The van der Waals surface area contributed by atoms with Gasteiger partial charge < -0.3 is 10.8 Å². The molecule has 0 aliphatic heterocycles. The lowest BCUT2D eigenvalue weighted by molar-refractivity contribution is -0.114. The maximum Gasteiger partial charge on any atom is 0.259 e. The zero-order valence-electron chi connectivity index (χ0n) is 9.94. The Bertz CT molecular complexity index is 568. The van der Waals surface area contributed by atoms with Crippen molar-refractivity contribution in [2.24, 2.45) is 5.73 Å². The Morgan fingerprint density at radius 3 is 2.78 bits per heavy atom. The van der Waals surface area contributed by atoms with Gasteiger partial charge in [-0.15, -0.1) is 0 Å². The third-order valence-corrected chi connectivity index (χ3v) is 3.17. The number of aryl methyl sites for hydroxylation is 1. The zero-order chi connectivity index (χ0) is 13.1. The summed E-state index contributed by atoms with van der Waals surface area (Å²) in [6.07, 6.45) is 5.46. The number of hydrogen-bond donors (Lipinski definition) is 2. The maximum absolute atomic E-state index is 11.1. The number of phenols is 1. The fourth-order valence-electron chi connectivity index (χ4n) is 2.33. The number of nitrogens with two attached hydrogens (primary N) is 1. The normalized spacial score (nSPS) is 14.7. The minimum Gasteiger partial charge on any atom is -0.508 e. The number of carbonyl (C=O) groups excluding carboxylic acids is 1. The van der Waals surface area contributed by atoms with E-state index >= 15 is 0 Å². The third-order valence-electron chi connectivity index (χ3n) is 3.17. The van der Waals surface area contributed by atoms with Gasteiger partial charge in [-0.2, -0.15) is 5.26 Å². The molecule has 18 heavy (non-hydrogen) atoms. The highest BCUT2D eigenvalue weighted by Crippen LogP contribution is 2.30. The average Bonchev–Trinajstić information content (AvgIpc) is 2.35. The Labute approximate surface area is 105 Å². The summed E-state index contributed by atoms with van der Waals surface area (Å²) in [6.45, 7) is 0. The van der Waals surface area contributed by atoms with E-state index in [0.29, 0.717) is 0 Å². The Kier molecular flexibility index (Phi) is 3.33. The van der Waals surface area contributed by atoms with Crippen molar-refractivity contribution < 1.29 is 9.90 Å². The fraction of sp³-hybridized carbons (Fsp3) is 0.286. The molecule has 1 amide bonds. The van der Waals surface area contributed by atoms with Gasteiger partial charge >= 0.3 is 0 Å². The molecular formula is C14H14N2O2. The number of nitriles is 1. The van der Waals surface area contributed by atoms with Gasteiger partial charge in [-0.25, -0.2) is 0 Å². The fourth-order valence-corrected chi connectivity index (χ4v) is 2.33. The highest BCUT2D eigenvalue weighted by molar-refractivity contribution is 6.00. The van der Waals surface area contributed by atoms with Gasteiger partial charge in [0.05, 0.1) is 0 Å². The van der Waals surface area contributed by atoms with E-state index in [9.17, 15) is 9.90 Å². The number of benzene rings is 1. The topological polar surface area (TPSA) is 87.1 Å². The molecule has 2 rings (SSSR count). The number of nitrogens with zero attached hydrogens (tertiary/aromatic N) is 1. The van der Waals surface area contributed by atoms with E-state index in [1.165, 1.54) is 6.08 Å².